The summed E-state index contributed by atoms with van der Waals surface area (Å²) in [4.78, 5) is 16.1. The number of anilines is 1. The quantitative estimate of drug-likeness (QED) is 0.847. The second-order valence-electron chi connectivity index (χ2n) is 4.32. The molecule has 1 saturated heterocycles. The Morgan fingerprint density at radius 2 is 2.28 bits per heavy atom. The van der Waals surface area contributed by atoms with E-state index in [-0.39, 0.29) is 11.9 Å². The number of aromatic nitrogens is 1. The third kappa shape index (κ3) is 3.43. The first-order chi connectivity index (χ1) is 8.79. The number of hydrogen-bond acceptors (Lipinski definition) is 4. The van der Waals surface area contributed by atoms with Crippen LogP contribution in [0.3, 0.4) is 0 Å². The Labute approximate surface area is 107 Å². The summed E-state index contributed by atoms with van der Waals surface area (Å²) < 4.78 is 5.26. The molecule has 0 bridgehead atoms. The maximum atomic E-state index is 12.0. The molecule has 1 fully saturated rings. The normalized spacial score (nSPS) is 16.3. The average molecular weight is 249 g/mol. The van der Waals surface area contributed by atoms with E-state index in [4.69, 9.17) is 4.74 Å². The Hall–Kier alpha value is -1.62. The van der Waals surface area contributed by atoms with Crippen LogP contribution < -0.4 is 10.6 Å². The van der Waals surface area contributed by atoms with Crippen LogP contribution in [0.1, 0.15) is 30.3 Å². The minimum absolute atomic E-state index is 0.110. The van der Waals surface area contributed by atoms with Crippen molar-refractivity contribution >= 4 is 11.6 Å². The highest BCUT2D eigenvalue weighted by molar-refractivity contribution is 5.93. The van der Waals surface area contributed by atoms with Crippen molar-refractivity contribution in [1.29, 1.82) is 0 Å². The molecule has 5 nitrogen and oxygen atoms in total. The molecule has 0 spiro atoms. The van der Waals surface area contributed by atoms with Gasteiger partial charge in [0.1, 0.15) is 5.69 Å². The average Bonchev–Trinajstić information content (AvgIpc) is 2.40. The Morgan fingerprint density at radius 1 is 1.50 bits per heavy atom. The molecule has 5 heteroatoms. The molecule has 1 amide bonds. The number of amides is 1. The smallest absolute Gasteiger partial charge is 0.270 e. The highest BCUT2D eigenvalue weighted by atomic mass is 16.5. The molecule has 1 aliphatic heterocycles. The molecular weight excluding hydrogens is 230 g/mol. The number of pyridine rings is 1. The number of ether oxygens (including phenoxy) is 1. The molecule has 1 aromatic rings. The zero-order chi connectivity index (χ0) is 12.8. The van der Waals surface area contributed by atoms with Crippen LogP contribution in [0.25, 0.3) is 0 Å². The van der Waals surface area contributed by atoms with Gasteiger partial charge in [-0.2, -0.15) is 0 Å². The third-order valence-corrected chi connectivity index (χ3v) is 2.93. The van der Waals surface area contributed by atoms with Crippen molar-refractivity contribution in [1.82, 2.24) is 10.3 Å². The lowest BCUT2D eigenvalue weighted by Crippen LogP contribution is -2.39. The van der Waals surface area contributed by atoms with Crippen LogP contribution in [-0.2, 0) is 4.74 Å². The molecule has 0 saturated carbocycles. The van der Waals surface area contributed by atoms with Crippen LogP contribution in [0.15, 0.2) is 18.3 Å². The lowest BCUT2D eigenvalue weighted by molar-refractivity contribution is 0.0694. The van der Waals surface area contributed by atoms with Crippen molar-refractivity contribution in [2.75, 3.05) is 25.1 Å². The van der Waals surface area contributed by atoms with E-state index >= 15 is 0 Å². The van der Waals surface area contributed by atoms with Gasteiger partial charge in [-0.1, -0.05) is 0 Å². The summed E-state index contributed by atoms with van der Waals surface area (Å²) in [5, 5.41) is 6.16. The largest absolute Gasteiger partial charge is 0.385 e. The molecular formula is C13H19N3O2. The first-order valence-electron chi connectivity index (χ1n) is 6.38. The van der Waals surface area contributed by atoms with Gasteiger partial charge >= 0.3 is 0 Å². The van der Waals surface area contributed by atoms with Gasteiger partial charge in [0.2, 0.25) is 0 Å². The van der Waals surface area contributed by atoms with Gasteiger partial charge in [0, 0.05) is 37.7 Å². The van der Waals surface area contributed by atoms with E-state index in [1.54, 1.807) is 12.3 Å². The van der Waals surface area contributed by atoms with Gasteiger partial charge in [-0.15, -0.1) is 0 Å². The first kappa shape index (κ1) is 12.8. The van der Waals surface area contributed by atoms with Crippen molar-refractivity contribution in [3.8, 4) is 0 Å². The Bertz CT molecular complexity index is 403. The van der Waals surface area contributed by atoms with Crippen molar-refractivity contribution in [2.45, 2.75) is 25.8 Å². The molecule has 0 radical (unpaired) electrons. The van der Waals surface area contributed by atoms with Crippen molar-refractivity contribution in [3.63, 3.8) is 0 Å². The van der Waals surface area contributed by atoms with Gasteiger partial charge in [-0.25, -0.2) is 0 Å². The molecule has 98 valence electrons. The molecule has 2 rings (SSSR count). The first-order valence-corrected chi connectivity index (χ1v) is 6.38. The fourth-order valence-corrected chi connectivity index (χ4v) is 1.97. The van der Waals surface area contributed by atoms with E-state index in [9.17, 15) is 4.79 Å². The van der Waals surface area contributed by atoms with Crippen molar-refractivity contribution in [3.05, 3.63) is 24.0 Å². The van der Waals surface area contributed by atoms with Crippen LogP contribution in [0, 0.1) is 0 Å². The number of carbonyl (C=O) groups is 1. The standard InChI is InChI=1S/C13H19N3O2/c1-2-14-11-3-6-15-12(9-11)13(17)16-10-4-7-18-8-5-10/h3,6,9-10H,2,4-5,7-8H2,1H3,(H,14,15)(H,16,17). The summed E-state index contributed by atoms with van der Waals surface area (Å²) in [6.07, 6.45) is 3.40. The van der Waals surface area contributed by atoms with E-state index in [0.29, 0.717) is 5.69 Å². The van der Waals surface area contributed by atoms with Gasteiger partial charge in [0.05, 0.1) is 0 Å². The minimum Gasteiger partial charge on any atom is -0.385 e. The molecule has 0 aromatic carbocycles. The summed E-state index contributed by atoms with van der Waals surface area (Å²) in [5.41, 5.74) is 1.38. The maximum Gasteiger partial charge on any atom is 0.270 e. The molecule has 18 heavy (non-hydrogen) atoms. The highest BCUT2D eigenvalue weighted by Gasteiger charge is 2.17. The van der Waals surface area contributed by atoms with Crippen molar-refractivity contribution in [2.24, 2.45) is 0 Å². The van der Waals surface area contributed by atoms with Gasteiger partial charge < -0.3 is 15.4 Å². The summed E-state index contributed by atoms with van der Waals surface area (Å²) in [5.74, 6) is -0.110. The number of hydrogen-bond donors (Lipinski definition) is 2. The van der Waals surface area contributed by atoms with Gasteiger partial charge in [-0.3, -0.25) is 9.78 Å². The number of carbonyl (C=O) groups excluding carboxylic acids is 1. The second kappa shape index (κ2) is 6.35. The van der Waals surface area contributed by atoms with Gasteiger partial charge in [0.15, 0.2) is 0 Å². The monoisotopic (exact) mass is 249 g/mol. The van der Waals surface area contributed by atoms with Crippen LogP contribution in [0.2, 0.25) is 0 Å². The topological polar surface area (TPSA) is 63.2 Å². The van der Waals surface area contributed by atoms with E-state index in [1.807, 2.05) is 13.0 Å². The van der Waals surface area contributed by atoms with Crippen LogP contribution >= 0.6 is 0 Å². The van der Waals surface area contributed by atoms with Gasteiger partial charge in [0.25, 0.3) is 5.91 Å². The predicted octanol–water partition coefficient (Wildman–Crippen LogP) is 1.42. The second-order valence-corrected chi connectivity index (χ2v) is 4.32. The van der Waals surface area contributed by atoms with Crippen molar-refractivity contribution < 1.29 is 9.53 Å². The zero-order valence-corrected chi connectivity index (χ0v) is 10.6. The molecule has 0 atom stereocenters. The van der Waals surface area contributed by atoms with E-state index < -0.39 is 0 Å². The molecule has 2 N–H and O–H groups in total. The van der Waals surface area contributed by atoms with E-state index in [2.05, 4.69) is 15.6 Å². The number of nitrogens with one attached hydrogen (secondary N) is 2. The third-order valence-electron chi connectivity index (χ3n) is 2.93. The molecule has 2 heterocycles. The molecule has 0 aliphatic carbocycles. The van der Waals surface area contributed by atoms with E-state index in [0.717, 1.165) is 38.3 Å². The van der Waals surface area contributed by atoms with Gasteiger partial charge in [-0.05, 0) is 31.9 Å². The number of rotatable bonds is 4. The summed E-state index contributed by atoms with van der Waals surface area (Å²) in [6, 6.07) is 3.84. The zero-order valence-electron chi connectivity index (χ0n) is 10.6. The van der Waals surface area contributed by atoms with Crippen LogP contribution in [0.4, 0.5) is 5.69 Å². The Morgan fingerprint density at radius 3 is 3.00 bits per heavy atom. The van der Waals surface area contributed by atoms with Crippen LogP contribution in [0.5, 0.6) is 0 Å². The minimum atomic E-state index is -0.110. The van der Waals surface area contributed by atoms with Crippen LogP contribution in [-0.4, -0.2) is 36.7 Å². The lowest BCUT2D eigenvalue weighted by Gasteiger charge is -2.22. The lowest BCUT2D eigenvalue weighted by atomic mass is 10.1. The summed E-state index contributed by atoms with van der Waals surface area (Å²) >= 11 is 0. The predicted molar refractivity (Wildman–Crippen MR) is 69.7 cm³/mol. The molecule has 1 aliphatic rings. The van der Waals surface area contributed by atoms with E-state index in [1.165, 1.54) is 0 Å². The number of nitrogens with zero attached hydrogens (tertiary/aromatic N) is 1. The fraction of sp³-hybridized carbons (Fsp3) is 0.538. The Balaban J connectivity index is 1.96. The summed E-state index contributed by atoms with van der Waals surface area (Å²) in [6.45, 7) is 4.28. The molecule has 0 unspecified atom stereocenters. The molecule has 1 aromatic heterocycles. The Kier molecular flexibility index (Phi) is 4.52. The fourth-order valence-electron chi connectivity index (χ4n) is 1.97. The summed E-state index contributed by atoms with van der Waals surface area (Å²) in [7, 11) is 0. The maximum absolute atomic E-state index is 12.0. The SMILES string of the molecule is CCNc1ccnc(C(=O)NC2CCOCC2)c1. The highest BCUT2D eigenvalue weighted by Crippen LogP contribution is 2.10.